The normalized spacial score (nSPS) is 13.5. The molecule has 0 aromatic carbocycles. The number of nitrogens with one attached hydrogen (secondary N) is 2. The number of carbonyl (C=O) groups excluding carboxylic acids is 4. The van der Waals surface area contributed by atoms with E-state index in [4.69, 9.17) is 10.2 Å². The Morgan fingerprint density at radius 3 is 1.52 bits per heavy atom. The van der Waals surface area contributed by atoms with Gasteiger partial charge in [0.1, 0.15) is 6.04 Å². The lowest BCUT2D eigenvalue weighted by molar-refractivity contribution is -0.164. The second-order valence-corrected chi connectivity index (χ2v) is 12.3. The predicted octanol–water partition coefficient (Wildman–Crippen LogP) is 4.18. The predicted molar refractivity (Wildman–Crippen MR) is 170 cm³/mol. The van der Waals surface area contributed by atoms with E-state index >= 15 is 0 Å². The van der Waals surface area contributed by atoms with Crippen molar-refractivity contribution in [3.63, 3.8) is 0 Å². The van der Waals surface area contributed by atoms with Gasteiger partial charge in [-0.1, -0.05) is 83.5 Å². The molecule has 1 aliphatic rings. The fourth-order valence-electron chi connectivity index (χ4n) is 5.17. The highest BCUT2D eigenvalue weighted by atomic mass is 16.4. The number of rotatable bonds is 28. The van der Waals surface area contributed by atoms with Crippen molar-refractivity contribution in [1.29, 1.82) is 0 Å². The highest BCUT2D eigenvalue weighted by Crippen LogP contribution is 2.26. The highest BCUT2D eigenvalue weighted by molar-refractivity contribution is 6.12. The molecule has 0 aromatic heterocycles. The van der Waals surface area contributed by atoms with E-state index in [2.05, 4.69) is 10.6 Å². The number of unbranched alkanes of at least 4 members (excludes halogenated alkanes) is 14. The first kappa shape index (κ1) is 40.3. The molecule has 13 nitrogen and oxygen atoms in total. The van der Waals surface area contributed by atoms with Gasteiger partial charge < -0.3 is 26.0 Å². The molecule has 4 amide bonds. The van der Waals surface area contributed by atoms with Crippen LogP contribution in [-0.2, 0) is 33.6 Å². The molecule has 0 aliphatic carbocycles. The molecule has 46 heavy (non-hydrogen) atoms. The maximum absolute atomic E-state index is 12.2. The SMILES string of the molecule is CC(CCCCCCCCCCCCCCCC(=O)NC(CNC(=O)CCCCCN1C(=O)C=CC1=O)C(=O)O)(C(=O)O)C(=O)O. The zero-order valence-electron chi connectivity index (χ0n) is 27.2. The minimum atomic E-state index is -1.71. The summed E-state index contributed by atoms with van der Waals surface area (Å²) in [5.41, 5.74) is -1.71. The summed E-state index contributed by atoms with van der Waals surface area (Å²) in [4.78, 5) is 82.4. The number of nitrogens with zero attached hydrogens (tertiary/aromatic N) is 1. The van der Waals surface area contributed by atoms with E-state index in [9.17, 15) is 38.7 Å². The van der Waals surface area contributed by atoms with Crippen LogP contribution in [0.2, 0.25) is 0 Å². The van der Waals surface area contributed by atoms with Crippen LogP contribution in [-0.4, -0.2) is 80.9 Å². The van der Waals surface area contributed by atoms with E-state index in [1.165, 1.54) is 19.1 Å². The molecule has 1 heterocycles. The molecule has 1 atom stereocenters. The minimum Gasteiger partial charge on any atom is -0.480 e. The molecule has 1 unspecified atom stereocenters. The van der Waals surface area contributed by atoms with Crippen LogP contribution in [0.15, 0.2) is 12.2 Å². The van der Waals surface area contributed by atoms with Crippen molar-refractivity contribution in [2.24, 2.45) is 5.41 Å². The van der Waals surface area contributed by atoms with E-state index in [1.54, 1.807) is 0 Å². The third-order valence-corrected chi connectivity index (χ3v) is 8.35. The van der Waals surface area contributed by atoms with Gasteiger partial charge in [0.25, 0.3) is 11.8 Å². The second-order valence-electron chi connectivity index (χ2n) is 12.3. The lowest BCUT2D eigenvalue weighted by atomic mass is 9.85. The van der Waals surface area contributed by atoms with E-state index in [-0.39, 0.29) is 49.4 Å². The Morgan fingerprint density at radius 1 is 0.652 bits per heavy atom. The minimum absolute atomic E-state index is 0.142. The zero-order valence-corrected chi connectivity index (χ0v) is 27.2. The Labute approximate surface area is 271 Å². The molecule has 0 aromatic rings. The first-order valence-corrected chi connectivity index (χ1v) is 16.7. The Kier molecular flexibility index (Phi) is 19.9. The summed E-state index contributed by atoms with van der Waals surface area (Å²) in [5.74, 6) is -5.16. The molecule has 260 valence electrons. The van der Waals surface area contributed by atoms with E-state index in [0.717, 1.165) is 75.5 Å². The van der Waals surface area contributed by atoms with Crippen LogP contribution in [0, 0.1) is 5.41 Å². The van der Waals surface area contributed by atoms with Gasteiger partial charge in [0.2, 0.25) is 11.8 Å². The van der Waals surface area contributed by atoms with Crippen molar-refractivity contribution in [2.45, 2.75) is 135 Å². The van der Waals surface area contributed by atoms with E-state index in [0.29, 0.717) is 38.6 Å². The molecular formula is C33H53N3O10. The number of carboxylic acid groups (broad SMARTS) is 3. The van der Waals surface area contributed by atoms with Gasteiger partial charge in [-0.05, 0) is 32.6 Å². The largest absolute Gasteiger partial charge is 0.480 e. The van der Waals surface area contributed by atoms with E-state index in [1.807, 2.05) is 0 Å². The van der Waals surface area contributed by atoms with Gasteiger partial charge in [-0.3, -0.25) is 33.7 Å². The fraction of sp³-hybridized carbons (Fsp3) is 0.727. The lowest BCUT2D eigenvalue weighted by Crippen LogP contribution is -2.48. The van der Waals surface area contributed by atoms with Crippen LogP contribution in [0.4, 0.5) is 0 Å². The molecule has 0 saturated carbocycles. The molecular weight excluding hydrogens is 598 g/mol. The number of hydrogen-bond acceptors (Lipinski definition) is 7. The van der Waals surface area contributed by atoms with Crippen molar-refractivity contribution < 1.29 is 48.9 Å². The lowest BCUT2D eigenvalue weighted by Gasteiger charge is -2.19. The standard InChI is InChI=1S/C33H53N3O10/c1-33(31(43)44,32(45)46)22-16-12-10-8-6-4-2-3-5-7-9-11-14-19-27(38)35-25(30(41)42)24-34-26(37)18-15-13-17-23-36-28(39)20-21-29(36)40/h20-21,25H,2-19,22-24H2,1H3,(H,34,37)(H,35,38)(H,41,42)(H,43,44)(H,45,46). The van der Waals surface area contributed by atoms with Crippen LogP contribution in [0.3, 0.4) is 0 Å². The molecule has 0 spiro atoms. The number of carbonyl (C=O) groups is 7. The van der Waals surface area contributed by atoms with Crippen LogP contribution >= 0.6 is 0 Å². The zero-order chi connectivity index (χ0) is 34.4. The number of carboxylic acids is 3. The summed E-state index contributed by atoms with van der Waals surface area (Å²) in [6.45, 7) is 1.35. The van der Waals surface area contributed by atoms with E-state index < -0.39 is 29.4 Å². The topological polar surface area (TPSA) is 207 Å². The van der Waals surface area contributed by atoms with Crippen LogP contribution in [0.5, 0.6) is 0 Å². The van der Waals surface area contributed by atoms with Gasteiger partial charge in [-0.15, -0.1) is 0 Å². The maximum atomic E-state index is 12.2. The Bertz CT molecular complexity index is 1030. The first-order valence-electron chi connectivity index (χ1n) is 16.7. The molecule has 0 radical (unpaired) electrons. The average molecular weight is 652 g/mol. The summed E-state index contributed by atoms with van der Waals surface area (Å²) >= 11 is 0. The molecule has 5 N–H and O–H groups in total. The summed E-state index contributed by atoms with van der Waals surface area (Å²) in [7, 11) is 0. The van der Waals surface area contributed by atoms with Gasteiger partial charge in [0.15, 0.2) is 5.41 Å². The van der Waals surface area contributed by atoms with Gasteiger partial charge in [-0.25, -0.2) is 4.79 Å². The van der Waals surface area contributed by atoms with Crippen LogP contribution in [0.1, 0.15) is 129 Å². The Morgan fingerprint density at radius 2 is 1.07 bits per heavy atom. The number of hydrogen-bond donors (Lipinski definition) is 5. The fourth-order valence-corrected chi connectivity index (χ4v) is 5.17. The monoisotopic (exact) mass is 651 g/mol. The van der Waals surface area contributed by atoms with Gasteiger partial charge in [0.05, 0.1) is 0 Å². The Balaban J connectivity index is 1.99. The number of aliphatic carboxylic acids is 3. The van der Waals surface area contributed by atoms with Crippen molar-refractivity contribution in [1.82, 2.24) is 15.5 Å². The smallest absolute Gasteiger partial charge is 0.328 e. The number of imide groups is 1. The summed E-state index contributed by atoms with van der Waals surface area (Å²) in [6.07, 6.45) is 17.4. The van der Waals surface area contributed by atoms with Crippen molar-refractivity contribution in [3.05, 3.63) is 12.2 Å². The van der Waals surface area contributed by atoms with Crippen molar-refractivity contribution in [3.8, 4) is 0 Å². The summed E-state index contributed by atoms with van der Waals surface area (Å²) < 4.78 is 0. The van der Waals surface area contributed by atoms with Crippen molar-refractivity contribution in [2.75, 3.05) is 13.1 Å². The summed E-state index contributed by atoms with van der Waals surface area (Å²) in [5, 5.41) is 32.7. The molecule has 0 saturated heterocycles. The quantitative estimate of drug-likeness (QED) is 0.0463. The molecule has 0 bridgehead atoms. The average Bonchev–Trinajstić information content (AvgIpc) is 3.32. The molecule has 0 fully saturated rings. The van der Waals surface area contributed by atoms with Gasteiger partial charge >= 0.3 is 17.9 Å². The third kappa shape index (κ3) is 16.5. The van der Waals surface area contributed by atoms with Gasteiger partial charge in [-0.2, -0.15) is 0 Å². The van der Waals surface area contributed by atoms with Crippen molar-refractivity contribution >= 4 is 41.5 Å². The molecule has 1 rings (SSSR count). The highest BCUT2D eigenvalue weighted by Gasteiger charge is 2.40. The number of amides is 4. The molecule has 1 aliphatic heterocycles. The Hall–Kier alpha value is -3.77. The summed E-state index contributed by atoms with van der Waals surface area (Å²) in [6, 6.07) is -1.21. The first-order chi connectivity index (χ1) is 21.9. The third-order valence-electron chi connectivity index (χ3n) is 8.35. The van der Waals surface area contributed by atoms with Crippen LogP contribution < -0.4 is 10.6 Å². The second kappa shape index (κ2) is 22.7. The molecule has 13 heteroatoms. The van der Waals surface area contributed by atoms with Gasteiger partial charge in [0, 0.05) is 38.1 Å². The van der Waals surface area contributed by atoms with Crippen LogP contribution in [0.25, 0.3) is 0 Å². The maximum Gasteiger partial charge on any atom is 0.328 e.